The molecule has 0 atom stereocenters. The zero-order valence-corrected chi connectivity index (χ0v) is 15.0. The lowest BCUT2D eigenvalue weighted by Gasteiger charge is -2.10. The van der Waals surface area contributed by atoms with Crippen LogP contribution in [0, 0.1) is 17.0 Å². The number of carbonyl (C=O) groups is 2. The smallest absolute Gasteiger partial charge is 0.338 e. The fourth-order valence-electron chi connectivity index (χ4n) is 2.26. The van der Waals surface area contributed by atoms with Crippen LogP contribution in [-0.4, -0.2) is 37.6 Å². The van der Waals surface area contributed by atoms with Crippen LogP contribution in [0.3, 0.4) is 0 Å². The summed E-state index contributed by atoms with van der Waals surface area (Å²) in [5, 5.41) is 13.4. The Hall–Kier alpha value is -3.62. The van der Waals surface area contributed by atoms with Gasteiger partial charge in [-0.2, -0.15) is 0 Å². The maximum absolute atomic E-state index is 12.1. The largest absolute Gasteiger partial charge is 0.493 e. The van der Waals surface area contributed by atoms with E-state index in [1.807, 2.05) is 0 Å². The number of methoxy groups -OCH3 is 2. The first-order valence-corrected chi connectivity index (χ1v) is 7.79. The zero-order chi connectivity index (χ0) is 20.0. The molecule has 0 aromatic heterocycles. The van der Waals surface area contributed by atoms with Crippen LogP contribution in [0.25, 0.3) is 0 Å². The fraction of sp³-hybridized carbons (Fsp3) is 0.222. The molecule has 0 fully saturated rings. The van der Waals surface area contributed by atoms with Gasteiger partial charge in [-0.1, -0.05) is 6.07 Å². The highest BCUT2D eigenvalue weighted by atomic mass is 16.6. The minimum atomic E-state index is -0.721. The summed E-state index contributed by atoms with van der Waals surface area (Å²) in [5.74, 6) is -0.543. The van der Waals surface area contributed by atoms with Crippen molar-refractivity contribution < 1.29 is 28.7 Å². The second-order valence-corrected chi connectivity index (χ2v) is 5.45. The summed E-state index contributed by atoms with van der Waals surface area (Å²) in [6.45, 7) is 1.05. The number of benzene rings is 2. The number of anilines is 1. The highest BCUT2D eigenvalue weighted by Gasteiger charge is 2.15. The summed E-state index contributed by atoms with van der Waals surface area (Å²) in [4.78, 5) is 34.4. The van der Waals surface area contributed by atoms with Gasteiger partial charge < -0.3 is 19.5 Å². The van der Waals surface area contributed by atoms with E-state index in [0.717, 1.165) is 0 Å². The maximum Gasteiger partial charge on any atom is 0.338 e. The van der Waals surface area contributed by atoms with Crippen molar-refractivity contribution in [2.75, 3.05) is 26.1 Å². The van der Waals surface area contributed by atoms with Crippen molar-refractivity contribution in [3.63, 3.8) is 0 Å². The van der Waals surface area contributed by atoms with Gasteiger partial charge in [-0.05, 0) is 31.2 Å². The molecular weight excluding hydrogens is 356 g/mol. The van der Waals surface area contributed by atoms with Gasteiger partial charge in [0.05, 0.1) is 24.7 Å². The lowest BCUT2D eigenvalue weighted by Crippen LogP contribution is -2.21. The van der Waals surface area contributed by atoms with Crippen LogP contribution in [0.1, 0.15) is 15.9 Å². The Morgan fingerprint density at radius 1 is 1.07 bits per heavy atom. The van der Waals surface area contributed by atoms with E-state index in [1.54, 1.807) is 13.0 Å². The van der Waals surface area contributed by atoms with Gasteiger partial charge in [0, 0.05) is 17.3 Å². The number of aryl methyl sites for hydroxylation is 1. The van der Waals surface area contributed by atoms with Crippen LogP contribution < -0.4 is 14.8 Å². The summed E-state index contributed by atoms with van der Waals surface area (Å²) >= 11 is 0. The topological polar surface area (TPSA) is 117 Å². The van der Waals surface area contributed by atoms with Crippen molar-refractivity contribution in [1.82, 2.24) is 0 Å². The molecule has 1 amide bonds. The number of esters is 1. The number of hydrogen-bond acceptors (Lipinski definition) is 7. The van der Waals surface area contributed by atoms with Crippen LogP contribution in [0.15, 0.2) is 36.4 Å². The zero-order valence-electron chi connectivity index (χ0n) is 15.0. The van der Waals surface area contributed by atoms with Crippen molar-refractivity contribution in [2.45, 2.75) is 6.92 Å². The molecule has 9 nitrogen and oxygen atoms in total. The average molecular weight is 374 g/mol. The van der Waals surface area contributed by atoms with Gasteiger partial charge in [0.2, 0.25) is 0 Å². The molecule has 0 spiro atoms. The molecule has 2 rings (SSSR count). The van der Waals surface area contributed by atoms with E-state index >= 15 is 0 Å². The molecule has 2 aromatic carbocycles. The van der Waals surface area contributed by atoms with Crippen molar-refractivity contribution in [3.8, 4) is 11.5 Å². The number of nitrogens with one attached hydrogen (secondary N) is 1. The highest BCUT2D eigenvalue weighted by molar-refractivity contribution is 5.96. The Labute approximate surface area is 155 Å². The molecular formula is C18H18N2O7. The number of amides is 1. The third-order valence-electron chi connectivity index (χ3n) is 3.64. The van der Waals surface area contributed by atoms with Gasteiger partial charge in [-0.15, -0.1) is 0 Å². The predicted molar refractivity (Wildman–Crippen MR) is 96.3 cm³/mol. The van der Waals surface area contributed by atoms with Gasteiger partial charge in [0.1, 0.15) is 0 Å². The minimum absolute atomic E-state index is 0.116. The molecule has 0 radical (unpaired) electrons. The van der Waals surface area contributed by atoms with Crippen LogP contribution in [0.2, 0.25) is 0 Å². The third kappa shape index (κ3) is 4.94. The molecule has 0 aliphatic carbocycles. The molecule has 1 N–H and O–H groups in total. The fourth-order valence-corrected chi connectivity index (χ4v) is 2.26. The van der Waals surface area contributed by atoms with Crippen LogP contribution in [0.4, 0.5) is 11.4 Å². The number of nitrogens with zero attached hydrogens (tertiary/aromatic N) is 1. The van der Waals surface area contributed by atoms with Crippen molar-refractivity contribution in [2.24, 2.45) is 0 Å². The van der Waals surface area contributed by atoms with E-state index in [0.29, 0.717) is 17.1 Å². The lowest BCUT2D eigenvalue weighted by molar-refractivity contribution is -0.385. The lowest BCUT2D eigenvalue weighted by atomic mass is 10.2. The second-order valence-electron chi connectivity index (χ2n) is 5.45. The molecule has 0 aliphatic heterocycles. The van der Waals surface area contributed by atoms with E-state index in [9.17, 15) is 19.7 Å². The average Bonchev–Trinajstić information content (AvgIpc) is 2.66. The Kier molecular flexibility index (Phi) is 6.32. The molecule has 0 saturated heterocycles. The number of hydrogen-bond donors (Lipinski definition) is 1. The van der Waals surface area contributed by atoms with E-state index in [-0.39, 0.29) is 16.9 Å². The predicted octanol–water partition coefficient (Wildman–Crippen LogP) is 2.72. The van der Waals surface area contributed by atoms with Gasteiger partial charge in [0.25, 0.3) is 11.6 Å². The molecule has 142 valence electrons. The minimum Gasteiger partial charge on any atom is -0.493 e. The first-order chi connectivity index (χ1) is 12.8. The molecule has 0 bridgehead atoms. The molecule has 0 heterocycles. The number of nitro groups is 1. The molecule has 27 heavy (non-hydrogen) atoms. The molecule has 0 aliphatic rings. The summed E-state index contributed by atoms with van der Waals surface area (Å²) < 4.78 is 15.1. The van der Waals surface area contributed by atoms with E-state index in [1.165, 1.54) is 44.6 Å². The SMILES string of the molecule is COc1ccc(C(=O)OCC(=O)Nc2ccc(C)c([N+](=O)[O-])c2)cc1OC. The van der Waals surface area contributed by atoms with Crippen LogP contribution in [-0.2, 0) is 9.53 Å². The summed E-state index contributed by atoms with van der Waals surface area (Å²) in [6, 6.07) is 8.73. The van der Waals surface area contributed by atoms with E-state index in [4.69, 9.17) is 14.2 Å². The van der Waals surface area contributed by atoms with Gasteiger partial charge in [0.15, 0.2) is 18.1 Å². The monoisotopic (exact) mass is 374 g/mol. The maximum atomic E-state index is 12.1. The second kappa shape index (κ2) is 8.65. The molecule has 0 saturated carbocycles. The number of rotatable bonds is 7. The normalized spacial score (nSPS) is 10.0. The molecule has 0 unspecified atom stereocenters. The van der Waals surface area contributed by atoms with E-state index in [2.05, 4.69) is 5.32 Å². The van der Waals surface area contributed by atoms with Gasteiger partial charge in [-0.3, -0.25) is 14.9 Å². The molecule has 9 heteroatoms. The quantitative estimate of drug-likeness (QED) is 0.450. The standard InChI is InChI=1S/C18H18N2O7/c1-11-4-6-13(9-14(11)20(23)24)19-17(21)10-27-18(22)12-5-7-15(25-2)16(8-12)26-3/h4-9H,10H2,1-3H3,(H,19,21). The Balaban J connectivity index is 1.98. The van der Waals surface area contributed by atoms with Crippen molar-refractivity contribution >= 4 is 23.3 Å². The Morgan fingerprint density at radius 2 is 1.78 bits per heavy atom. The van der Waals surface area contributed by atoms with Gasteiger partial charge >= 0.3 is 5.97 Å². The number of carbonyl (C=O) groups excluding carboxylic acids is 2. The number of nitro benzene ring substituents is 1. The van der Waals surface area contributed by atoms with Crippen LogP contribution in [0.5, 0.6) is 11.5 Å². The molecule has 2 aromatic rings. The Bertz CT molecular complexity index is 880. The first-order valence-electron chi connectivity index (χ1n) is 7.79. The van der Waals surface area contributed by atoms with Crippen molar-refractivity contribution in [3.05, 3.63) is 57.6 Å². The van der Waals surface area contributed by atoms with Crippen LogP contribution >= 0.6 is 0 Å². The summed E-state index contributed by atoms with van der Waals surface area (Å²) in [7, 11) is 2.90. The first kappa shape index (κ1) is 19.7. The Morgan fingerprint density at radius 3 is 2.41 bits per heavy atom. The van der Waals surface area contributed by atoms with Gasteiger partial charge in [-0.25, -0.2) is 4.79 Å². The summed E-state index contributed by atoms with van der Waals surface area (Å²) in [6.07, 6.45) is 0. The van der Waals surface area contributed by atoms with E-state index < -0.39 is 23.4 Å². The number of ether oxygens (including phenoxy) is 3. The third-order valence-corrected chi connectivity index (χ3v) is 3.64. The summed E-state index contributed by atoms with van der Waals surface area (Å²) in [5.41, 5.74) is 0.777. The highest BCUT2D eigenvalue weighted by Crippen LogP contribution is 2.27. The van der Waals surface area contributed by atoms with Crippen molar-refractivity contribution in [1.29, 1.82) is 0 Å².